The summed E-state index contributed by atoms with van der Waals surface area (Å²) in [7, 11) is 0. The van der Waals surface area contributed by atoms with E-state index in [4.69, 9.17) is 0 Å². The molecule has 0 fully saturated rings. The first-order valence-electron chi connectivity index (χ1n) is 12.2. The first-order chi connectivity index (χ1) is 21.1. The van der Waals surface area contributed by atoms with E-state index in [9.17, 15) is 58.5 Å². The van der Waals surface area contributed by atoms with Crippen LogP contribution in [0, 0.1) is 0 Å². The van der Waals surface area contributed by atoms with Crippen LogP contribution in [0.25, 0.3) is 0 Å². The van der Waals surface area contributed by atoms with Gasteiger partial charge in [0.25, 0.3) is 0 Å². The molecule has 0 N–H and O–H groups in total. The van der Waals surface area contributed by atoms with Gasteiger partial charge in [-0.1, -0.05) is 54.6 Å². The molecule has 0 spiro atoms. The minimum Gasteiger partial charge on any atom is -0.545 e. The molecule has 46 heavy (non-hydrogen) atoms. The van der Waals surface area contributed by atoms with Gasteiger partial charge in [-0.05, 0) is 18.2 Å². The molecule has 0 heterocycles. The molecule has 0 amide bonds. The maximum absolute atomic E-state index is 11.2. The van der Waals surface area contributed by atoms with Crippen LogP contribution in [0.1, 0.15) is 82.9 Å². The average molecular weight is 673 g/mol. The van der Waals surface area contributed by atoms with Gasteiger partial charge in [-0.3, -0.25) is 14.4 Å². The van der Waals surface area contributed by atoms with Crippen LogP contribution in [0.4, 0.5) is 0 Å². The molecule has 3 aromatic rings. The Hall–Kier alpha value is -5.98. The standard InChI is InChI=1S/3C10H8O5.Cr/c3*1-6(11)15-10(14)8-5-3-2-4-7(8)9(12)13;/h3*2-5H,1H3,(H,12,13);/q;;;+3/p-3. The fraction of sp³-hybridized carbons (Fsp3) is 0.100. The second kappa shape index (κ2) is 19.3. The minimum atomic E-state index is -1.49. The summed E-state index contributed by atoms with van der Waals surface area (Å²) < 4.78 is 12.8. The molecule has 0 aromatic heterocycles. The summed E-state index contributed by atoms with van der Waals surface area (Å²) in [4.78, 5) is 97.1. The Morgan fingerprint density at radius 3 is 0.717 bits per heavy atom. The molecule has 16 heteroatoms. The van der Waals surface area contributed by atoms with Crippen molar-refractivity contribution in [1.82, 2.24) is 0 Å². The fourth-order valence-electron chi connectivity index (χ4n) is 3.07. The van der Waals surface area contributed by atoms with Crippen LogP contribution in [0.15, 0.2) is 72.8 Å². The largest absolute Gasteiger partial charge is 3.00 e. The number of carboxylic acid groups (broad SMARTS) is 3. The average Bonchev–Trinajstić information content (AvgIpc) is 2.96. The molecule has 0 aliphatic heterocycles. The zero-order valence-corrected chi connectivity index (χ0v) is 25.2. The number of rotatable bonds is 6. The van der Waals surface area contributed by atoms with Gasteiger partial charge in [0.05, 0.1) is 34.6 Å². The van der Waals surface area contributed by atoms with Crippen LogP contribution in [-0.4, -0.2) is 53.7 Å². The Labute approximate surface area is 270 Å². The topological polar surface area (TPSA) is 250 Å². The van der Waals surface area contributed by atoms with Gasteiger partial charge in [0.15, 0.2) is 0 Å². The van der Waals surface area contributed by atoms with Crippen LogP contribution in [0.3, 0.4) is 0 Å². The first kappa shape index (κ1) is 40.0. The predicted octanol–water partition coefficient (Wildman–Crippen LogP) is -0.742. The number of hydrogen-bond acceptors (Lipinski definition) is 15. The van der Waals surface area contributed by atoms with Crippen molar-refractivity contribution in [2.24, 2.45) is 0 Å². The van der Waals surface area contributed by atoms with Crippen molar-refractivity contribution in [2.45, 2.75) is 20.8 Å². The number of aromatic carboxylic acids is 3. The summed E-state index contributed by atoms with van der Waals surface area (Å²) >= 11 is 0. The van der Waals surface area contributed by atoms with Crippen LogP contribution in [0.5, 0.6) is 0 Å². The van der Waals surface area contributed by atoms with Crippen molar-refractivity contribution >= 4 is 53.7 Å². The number of carboxylic acids is 3. The number of ether oxygens (including phenoxy) is 3. The van der Waals surface area contributed by atoms with Gasteiger partial charge < -0.3 is 43.9 Å². The second-order valence-electron chi connectivity index (χ2n) is 8.14. The predicted molar refractivity (Wildman–Crippen MR) is 141 cm³/mol. The number of carbonyl (C=O) groups excluding carboxylic acids is 9. The SMILES string of the molecule is CC(=O)OC(=O)c1ccccc1C(=O)[O-].CC(=O)OC(=O)c1ccccc1C(=O)[O-].CC(=O)OC(=O)c1ccccc1C(=O)[O-].[Cr+3]. The maximum Gasteiger partial charge on any atom is 3.00 e. The molecular formula is C30H21CrO15. The Bertz CT molecular complexity index is 1470. The minimum absolute atomic E-state index is 0. The van der Waals surface area contributed by atoms with Crippen LogP contribution in [-0.2, 0) is 46.0 Å². The summed E-state index contributed by atoms with van der Waals surface area (Å²) in [5, 5.41) is 31.8. The molecular weight excluding hydrogens is 652 g/mol. The number of benzene rings is 3. The Balaban J connectivity index is 0.000000653. The molecule has 0 saturated carbocycles. The van der Waals surface area contributed by atoms with E-state index in [-0.39, 0.29) is 50.7 Å². The van der Waals surface area contributed by atoms with Crippen molar-refractivity contribution < 1.29 is 90.0 Å². The first-order valence-corrected chi connectivity index (χ1v) is 12.2. The van der Waals surface area contributed by atoms with Gasteiger partial charge in [-0.2, -0.15) is 0 Å². The van der Waals surface area contributed by atoms with E-state index >= 15 is 0 Å². The molecule has 0 bridgehead atoms. The van der Waals surface area contributed by atoms with Gasteiger partial charge in [0.2, 0.25) is 0 Å². The third kappa shape index (κ3) is 13.1. The molecule has 0 aliphatic rings. The van der Waals surface area contributed by atoms with Crippen molar-refractivity contribution in [2.75, 3.05) is 0 Å². The summed E-state index contributed by atoms with van der Waals surface area (Å²) in [6.45, 7) is 3.17. The Morgan fingerprint density at radius 2 is 0.565 bits per heavy atom. The zero-order valence-electron chi connectivity index (χ0n) is 24.0. The van der Waals surface area contributed by atoms with E-state index in [0.29, 0.717) is 0 Å². The molecule has 3 rings (SSSR count). The summed E-state index contributed by atoms with van der Waals surface area (Å²) in [5.41, 5.74) is -1.51. The van der Waals surface area contributed by atoms with E-state index < -0.39 is 53.7 Å². The zero-order chi connectivity index (χ0) is 34.3. The number of esters is 6. The monoisotopic (exact) mass is 673 g/mol. The summed E-state index contributed by atoms with van der Waals surface area (Å²) in [6, 6.07) is 16.0. The van der Waals surface area contributed by atoms with Gasteiger partial charge in [-0.25, -0.2) is 14.4 Å². The third-order valence-corrected chi connectivity index (χ3v) is 4.81. The maximum atomic E-state index is 11.2. The van der Waals surface area contributed by atoms with Crippen LogP contribution < -0.4 is 15.3 Å². The van der Waals surface area contributed by atoms with Gasteiger partial charge in [0.1, 0.15) is 0 Å². The van der Waals surface area contributed by atoms with Gasteiger partial charge in [0, 0.05) is 37.5 Å². The fourth-order valence-corrected chi connectivity index (χ4v) is 3.07. The molecule has 237 valence electrons. The third-order valence-electron chi connectivity index (χ3n) is 4.81. The van der Waals surface area contributed by atoms with E-state index in [2.05, 4.69) is 14.2 Å². The summed E-state index contributed by atoms with van der Waals surface area (Å²) in [6.07, 6.45) is 0. The molecule has 0 atom stereocenters. The van der Waals surface area contributed by atoms with Crippen molar-refractivity contribution in [3.63, 3.8) is 0 Å². The second-order valence-corrected chi connectivity index (χ2v) is 8.14. The van der Waals surface area contributed by atoms with Crippen molar-refractivity contribution in [3.05, 3.63) is 106 Å². The van der Waals surface area contributed by atoms with Crippen LogP contribution >= 0.6 is 0 Å². The molecule has 3 aromatic carbocycles. The quantitative estimate of drug-likeness (QED) is 0.177. The number of carbonyl (C=O) groups is 9. The summed E-state index contributed by atoms with van der Waals surface area (Å²) in [5.74, 6) is -9.87. The van der Waals surface area contributed by atoms with Crippen molar-refractivity contribution in [1.29, 1.82) is 0 Å². The van der Waals surface area contributed by atoms with E-state index in [1.165, 1.54) is 72.8 Å². The smallest absolute Gasteiger partial charge is 0.545 e. The molecule has 1 radical (unpaired) electrons. The van der Waals surface area contributed by atoms with Gasteiger partial charge in [-0.15, -0.1) is 0 Å². The molecule has 0 aliphatic carbocycles. The normalized spacial score (nSPS) is 9.20. The van der Waals surface area contributed by atoms with E-state index in [1.807, 2.05) is 0 Å². The number of hydrogen-bond donors (Lipinski definition) is 0. The molecule has 0 unspecified atom stereocenters. The molecule has 15 nitrogen and oxygen atoms in total. The Morgan fingerprint density at radius 1 is 0.391 bits per heavy atom. The van der Waals surface area contributed by atoms with E-state index in [1.54, 1.807) is 0 Å². The van der Waals surface area contributed by atoms with Crippen molar-refractivity contribution in [3.8, 4) is 0 Å². The van der Waals surface area contributed by atoms with Crippen LogP contribution in [0.2, 0.25) is 0 Å². The molecule has 0 saturated heterocycles. The van der Waals surface area contributed by atoms with Gasteiger partial charge >= 0.3 is 53.2 Å². The van der Waals surface area contributed by atoms with E-state index in [0.717, 1.165) is 20.8 Å². The Kier molecular flexibility index (Phi) is 16.8.